The molecule has 0 heterocycles. The first-order valence-electron chi connectivity index (χ1n) is 11.9. The normalized spacial score (nSPS) is 32.2. The summed E-state index contributed by atoms with van der Waals surface area (Å²) in [5, 5.41) is 19.2. The van der Waals surface area contributed by atoms with E-state index < -0.39 is 75.2 Å². The van der Waals surface area contributed by atoms with E-state index in [2.05, 4.69) is 0 Å². The van der Waals surface area contributed by atoms with E-state index in [0.717, 1.165) is 27.7 Å². The summed E-state index contributed by atoms with van der Waals surface area (Å²) in [6.45, 7) is 8.11. The van der Waals surface area contributed by atoms with E-state index in [9.17, 15) is 10.5 Å². The predicted octanol–water partition coefficient (Wildman–Crippen LogP) is 8.03. The Balaban J connectivity index is 4.45. The summed E-state index contributed by atoms with van der Waals surface area (Å²) in [5.41, 5.74) is -26.4. The van der Waals surface area contributed by atoms with Crippen molar-refractivity contribution in [2.45, 2.75) is 116 Å². The highest BCUT2D eigenvalue weighted by atomic mass is 19.3. The summed E-state index contributed by atoms with van der Waals surface area (Å²) < 4.78 is 116. The molecule has 0 radical (unpaired) electrons. The molecule has 0 saturated heterocycles. The Kier molecular flexibility index (Phi) is 7.61. The first-order valence-corrected chi connectivity index (χ1v) is 11.9. The van der Waals surface area contributed by atoms with Gasteiger partial charge in [-0.25, -0.2) is 30.7 Å². The number of rotatable bonds is 10. The van der Waals surface area contributed by atoms with Crippen LogP contribution < -0.4 is 0 Å². The summed E-state index contributed by atoms with van der Waals surface area (Å²) in [5.74, 6) is -7.41. The van der Waals surface area contributed by atoms with Gasteiger partial charge in [-0.2, -0.15) is 10.5 Å². The van der Waals surface area contributed by atoms with Crippen LogP contribution in [-0.2, 0) is 0 Å². The SMILES string of the molecule is C#CC1(C)C(C)(F)C1(F)C(C)(C)C(F)(C(CC)C(F)(F)C(C#N)CC)C(F)(C(C)(C)F)C(C)(C)C#N. The van der Waals surface area contributed by atoms with Crippen molar-refractivity contribution in [3.05, 3.63) is 0 Å². The molecule has 36 heavy (non-hydrogen) atoms. The average molecular weight is 523 g/mol. The molecule has 0 aliphatic heterocycles. The first-order chi connectivity index (χ1) is 15.8. The second kappa shape index (κ2) is 8.54. The molecule has 0 aromatic rings. The maximum Gasteiger partial charge on any atom is 0.269 e. The van der Waals surface area contributed by atoms with Crippen LogP contribution >= 0.6 is 0 Å². The maximum absolute atomic E-state index is 18.1. The van der Waals surface area contributed by atoms with Gasteiger partial charge in [-0.05, 0) is 54.4 Å². The van der Waals surface area contributed by atoms with E-state index in [4.69, 9.17) is 6.42 Å². The van der Waals surface area contributed by atoms with Gasteiger partial charge in [0.25, 0.3) is 5.92 Å². The number of hydrogen-bond acceptors (Lipinski definition) is 2. The van der Waals surface area contributed by atoms with Gasteiger partial charge in [-0.1, -0.05) is 33.6 Å². The molecule has 204 valence electrons. The van der Waals surface area contributed by atoms with E-state index in [1.54, 1.807) is 0 Å². The first kappa shape index (κ1) is 32.1. The number of nitriles is 2. The molecule has 0 aromatic heterocycles. The Labute approximate surface area is 210 Å². The molecule has 9 heteroatoms. The van der Waals surface area contributed by atoms with Crippen LogP contribution in [0.1, 0.15) is 82.1 Å². The topological polar surface area (TPSA) is 47.6 Å². The molecule has 1 fully saturated rings. The predicted molar refractivity (Wildman–Crippen MR) is 124 cm³/mol. The number of hydrogen-bond donors (Lipinski definition) is 0. The van der Waals surface area contributed by atoms with Crippen molar-refractivity contribution in [2.24, 2.45) is 28.1 Å². The number of halogens is 7. The van der Waals surface area contributed by atoms with Crippen LogP contribution in [0.5, 0.6) is 0 Å². The van der Waals surface area contributed by atoms with E-state index >= 15 is 30.7 Å². The lowest BCUT2D eigenvalue weighted by Gasteiger charge is -2.61. The average Bonchev–Trinajstić information content (AvgIpc) is 3.12. The van der Waals surface area contributed by atoms with Crippen molar-refractivity contribution >= 4 is 0 Å². The van der Waals surface area contributed by atoms with Gasteiger partial charge in [0.05, 0.1) is 23.5 Å². The van der Waals surface area contributed by atoms with Gasteiger partial charge in [0.15, 0.2) is 22.7 Å². The summed E-state index contributed by atoms with van der Waals surface area (Å²) in [6.07, 6.45) is 4.01. The minimum atomic E-state index is -4.33. The third-order valence-electron chi connectivity index (χ3n) is 9.11. The van der Waals surface area contributed by atoms with Crippen LogP contribution in [0.3, 0.4) is 0 Å². The molecule has 2 nitrogen and oxygen atoms in total. The van der Waals surface area contributed by atoms with Gasteiger partial charge >= 0.3 is 0 Å². The van der Waals surface area contributed by atoms with Crippen LogP contribution in [0, 0.1) is 63.1 Å². The third kappa shape index (κ3) is 3.21. The van der Waals surface area contributed by atoms with Gasteiger partial charge in [0.1, 0.15) is 17.0 Å². The fraction of sp³-hybridized carbons (Fsp3) is 0.852. The zero-order chi connectivity index (χ0) is 29.2. The molecule has 0 spiro atoms. The second-order valence-corrected chi connectivity index (χ2v) is 11.9. The minimum absolute atomic E-state index is 0.486. The molecule has 0 bridgehead atoms. The highest BCUT2D eigenvalue weighted by Crippen LogP contribution is 2.81. The summed E-state index contributed by atoms with van der Waals surface area (Å²) in [4.78, 5) is 0. The van der Waals surface area contributed by atoms with Gasteiger partial charge in [0.2, 0.25) is 0 Å². The van der Waals surface area contributed by atoms with E-state index in [1.807, 2.05) is 5.92 Å². The summed E-state index contributed by atoms with van der Waals surface area (Å²) in [7, 11) is 0. The highest BCUT2D eigenvalue weighted by molar-refractivity contribution is 5.48. The Bertz CT molecular complexity index is 994. The number of terminal acetylenes is 1. The van der Waals surface area contributed by atoms with Gasteiger partial charge in [-0.3, -0.25) is 0 Å². The van der Waals surface area contributed by atoms with Crippen LogP contribution in [0.2, 0.25) is 0 Å². The zero-order valence-corrected chi connectivity index (χ0v) is 22.7. The summed E-state index contributed by atoms with van der Waals surface area (Å²) >= 11 is 0. The minimum Gasteiger partial charge on any atom is -0.241 e. The van der Waals surface area contributed by atoms with Crippen molar-refractivity contribution in [3.8, 4) is 24.5 Å². The fourth-order valence-corrected chi connectivity index (χ4v) is 6.83. The van der Waals surface area contributed by atoms with Crippen LogP contribution in [0.15, 0.2) is 0 Å². The van der Waals surface area contributed by atoms with E-state index in [1.165, 1.54) is 19.1 Å². The Morgan fingerprint density at radius 2 is 1.31 bits per heavy atom. The lowest BCUT2D eigenvalue weighted by atomic mass is 9.47. The van der Waals surface area contributed by atoms with Crippen molar-refractivity contribution in [1.29, 1.82) is 10.5 Å². The molecule has 0 aromatic carbocycles. The molecule has 0 N–H and O–H groups in total. The maximum atomic E-state index is 18.1. The monoisotopic (exact) mass is 522 g/mol. The standard InChI is InChI=1S/C27H37F7N2/c1-12-17(15-35)24(30,31)18(13-2)25(32,26(33,21(8,9)28)19(4,5)16-36)20(6,7)27(34)22(10,14-3)23(27,11)29/h3,17-18H,12-13H2,1-2,4-11H3. The molecule has 1 saturated carbocycles. The quantitative estimate of drug-likeness (QED) is 0.215. The lowest BCUT2D eigenvalue weighted by Crippen LogP contribution is -2.77. The zero-order valence-electron chi connectivity index (χ0n) is 22.7. The third-order valence-corrected chi connectivity index (χ3v) is 9.11. The molecule has 7 atom stereocenters. The van der Waals surface area contributed by atoms with Crippen molar-refractivity contribution in [3.63, 3.8) is 0 Å². The Morgan fingerprint density at radius 1 is 0.861 bits per heavy atom. The van der Waals surface area contributed by atoms with Gasteiger partial charge in [0, 0.05) is 5.41 Å². The fourth-order valence-electron chi connectivity index (χ4n) is 6.83. The summed E-state index contributed by atoms with van der Waals surface area (Å²) in [6, 6.07) is 2.83. The van der Waals surface area contributed by atoms with Gasteiger partial charge in [-0.15, -0.1) is 6.42 Å². The van der Waals surface area contributed by atoms with Gasteiger partial charge < -0.3 is 0 Å². The van der Waals surface area contributed by atoms with E-state index in [-0.39, 0.29) is 0 Å². The molecular weight excluding hydrogens is 485 g/mol. The van der Waals surface area contributed by atoms with Crippen molar-refractivity contribution in [2.75, 3.05) is 0 Å². The van der Waals surface area contributed by atoms with Crippen LogP contribution in [0.4, 0.5) is 30.7 Å². The molecule has 1 aliphatic rings. The second-order valence-electron chi connectivity index (χ2n) is 11.9. The molecule has 1 aliphatic carbocycles. The molecular formula is C27H37F7N2. The van der Waals surface area contributed by atoms with Crippen LogP contribution in [-0.4, -0.2) is 34.3 Å². The van der Waals surface area contributed by atoms with Crippen molar-refractivity contribution in [1.82, 2.24) is 0 Å². The molecule has 0 amide bonds. The highest BCUT2D eigenvalue weighted by Gasteiger charge is 2.96. The smallest absolute Gasteiger partial charge is 0.241 e. The van der Waals surface area contributed by atoms with E-state index in [0.29, 0.717) is 34.6 Å². The Morgan fingerprint density at radius 3 is 1.56 bits per heavy atom. The Hall–Kier alpha value is -1.95. The number of nitrogens with zero attached hydrogens (tertiary/aromatic N) is 2. The molecule has 1 rings (SSSR count). The molecule has 7 unspecified atom stereocenters. The van der Waals surface area contributed by atoms with Crippen molar-refractivity contribution < 1.29 is 30.7 Å². The van der Waals surface area contributed by atoms with Crippen LogP contribution in [0.25, 0.3) is 0 Å². The number of alkyl halides is 7. The lowest BCUT2D eigenvalue weighted by molar-refractivity contribution is -0.292. The largest absolute Gasteiger partial charge is 0.269 e.